The minimum absolute atomic E-state index is 0.179. The fraction of sp³-hybridized carbons (Fsp3) is 0.238. The van der Waals surface area contributed by atoms with Crippen molar-refractivity contribution in [3.63, 3.8) is 0 Å². The number of nitrogens with zero attached hydrogens (tertiary/aromatic N) is 4. The normalized spacial score (nSPS) is 11.4. The van der Waals surface area contributed by atoms with Gasteiger partial charge in [0.2, 0.25) is 0 Å². The number of amides is 1. The van der Waals surface area contributed by atoms with E-state index in [0.717, 1.165) is 22.7 Å². The summed E-state index contributed by atoms with van der Waals surface area (Å²) >= 11 is 7.28. The first-order valence-corrected chi connectivity index (χ1v) is 10.7. The van der Waals surface area contributed by atoms with Crippen molar-refractivity contribution in [2.45, 2.75) is 25.5 Å². The van der Waals surface area contributed by atoms with E-state index in [2.05, 4.69) is 20.7 Å². The van der Waals surface area contributed by atoms with Crippen molar-refractivity contribution in [3.8, 4) is 17.1 Å². The van der Waals surface area contributed by atoms with Crippen LogP contribution in [0.4, 0.5) is 0 Å². The van der Waals surface area contributed by atoms with Crippen molar-refractivity contribution in [1.82, 2.24) is 20.2 Å². The molecule has 0 radical (unpaired) electrons. The lowest BCUT2D eigenvalue weighted by Crippen LogP contribution is -2.21. The van der Waals surface area contributed by atoms with Crippen LogP contribution in [0.3, 0.4) is 0 Å². The number of carbonyl (C=O) groups is 1. The molecule has 1 amide bonds. The Morgan fingerprint density at radius 3 is 2.50 bits per heavy atom. The summed E-state index contributed by atoms with van der Waals surface area (Å²) in [4.78, 5) is 12.2. The molecule has 1 N–H and O–H groups in total. The molecule has 3 rings (SSSR count). The molecule has 0 aliphatic rings. The van der Waals surface area contributed by atoms with E-state index >= 15 is 0 Å². The van der Waals surface area contributed by atoms with Gasteiger partial charge in [-0.1, -0.05) is 23.4 Å². The molecular weight excluding hydrogens is 422 g/mol. The predicted octanol–water partition coefficient (Wildman–Crippen LogP) is 4.26. The molecule has 0 unspecified atom stereocenters. The fourth-order valence-corrected chi connectivity index (χ4v) is 3.62. The SMILES string of the molecule is CCn1c(SCC(=O)N/N=C(/C)c2ccc(OC)cc2)nnc1-c1ccc(Cl)cc1. The van der Waals surface area contributed by atoms with Crippen molar-refractivity contribution in [2.24, 2.45) is 5.10 Å². The van der Waals surface area contributed by atoms with Crippen molar-refractivity contribution < 1.29 is 9.53 Å². The predicted molar refractivity (Wildman–Crippen MR) is 120 cm³/mol. The van der Waals surface area contributed by atoms with Crippen LogP contribution in [-0.4, -0.2) is 39.2 Å². The average Bonchev–Trinajstić information content (AvgIpc) is 3.19. The monoisotopic (exact) mass is 443 g/mol. The van der Waals surface area contributed by atoms with Crippen LogP contribution in [0.5, 0.6) is 5.75 Å². The topological polar surface area (TPSA) is 81.4 Å². The van der Waals surface area contributed by atoms with Crippen LogP contribution in [0, 0.1) is 0 Å². The number of thioether (sulfide) groups is 1. The summed E-state index contributed by atoms with van der Waals surface area (Å²) in [5.41, 5.74) is 5.12. The number of hydrogen-bond acceptors (Lipinski definition) is 6. The molecule has 0 aliphatic heterocycles. The highest BCUT2D eigenvalue weighted by Crippen LogP contribution is 2.25. The van der Waals surface area contributed by atoms with E-state index < -0.39 is 0 Å². The number of benzene rings is 2. The van der Waals surface area contributed by atoms with Gasteiger partial charge < -0.3 is 9.30 Å². The van der Waals surface area contributed by atoms with Crippen LogP contribution < -0.4 is 10.2 Å². The third-order valence-electron chi connectivity index (χ3n) is 4.32. The molecule has 0 saturated carbocycles. The van der Waals surface area contributed by atoms with Crippen molar-refractivity contribution >= 4 is 35.0 Å². The highest BCUT2D eigenvalue weighted by atomic mass is 35.5. The van der Waals surface area contributed by atoms with Crippen LogP contribution >= 0.6 is 23.4 Å². The zero-order valence-corrected chi connectivity index (χ0v) is 18.5. The fourth-order valence-electron chi connectivity index (χ4n) is 2.70. The molecule has 0 fully saturated rings. The van der Waals surface area contributed by atoms with Gasteiger partial charge in [-0.05, 0) is 67.9 Å². The highest BCUT2D eigenvalue weighted by Gasteiger charge is 2.14. The number of ether oxygens (including phenoxy) is 1. The first kappa shape index (κ1) is 21.9. The van der Waals surface area contributed by atoms with E-state index in [-0.39, 0.29) is 11.7 Å². The lowest BCUT2D eigenvalue weighted by molar-refractivity contribution is -0.118. The van der Waals surface area contributed by atoms with Gasteiger partial charge in [0.05, 0.1) is 18.6 Å². The Hall–Kier alpha value is -2.84. The number of methoxy groups -OCH3 is 1. The zero-order chi connectivity index (χ0) is 21.5. The number of halogens is 1. The maximum absolute atomic E-state index is 12.2. The Bertz CT molecular complexity index is 1030. The van der Waals surface area contributed by atoms with Crippen LogP contribution in [-0.2, 0) is 11.3 Å². The Morgan fingerprint density at radius 1 is 1.17 bits per heavy atom. The number of aromatic nitrogens is 3. The van der Waals surface area contributed by atoms with Gasteiger partial charge in [0.15, 0.2) is 11.0 Å². The summed E-state index contributed by atoms with van der Waals surface area (Å²) in [5.74, 6) is 1.47. The maximum atomic E-state index is 12.2. The summed E-state index contributed by atoms with van der Waals surface area (Å²) < 4.78 is 7.11. The molecular formula is C21H22ClN5O2S. The Balaban J connectivity index is 1.61. The van der Waals surface area contributed by atoms with Crippen LogP contribution in [0.1, 0.15) is 19.4 Å². The Labute approximate surface area is 184 Å². The minimum Gasteiger partial charge on any atom is -0.497 e. The van der Waals surface area contributed by atoms with E-state index in [4.69, 9.17) is 16.3 Å². The van der Waals surface area contributed by atoms with Gasteiger partial charge in [-0.25, -0.2) is 5.43 Å². The van der Waals surface area contributed by atoms with Crippen molar-refractivity contribution in [3.05, 3.63) is 59.1 Å². The second kappa shape index (κ2) is 10.3. The Morgan fingerprint density at radius 2 is 1.87 bits per heavy atom. The molecule has 1 heterocycles. The van der Waals surface area contributed by atoms with Crippen molar-refractivity contribution in [1.29, 1.82) is 0 Å². The van der Waals surface area contributed by atoms with Gasteiger partial charge >= 0.3 is 0 Å². The van der Waals surface area contributed by atoms with Gasteiger partial charge in [0.25, 0.3) is 5.91 Å². The smallest absolute Gasteiger partial charge is 0.250 e. The molecule has 156 valence electrons. The minimum atomic E-state index is -0.216. The van der Waals surface area contributed by atoms with E-state index in [1.807, 2.05) is 66.9 Å². The zero-order valence-electron chi connectivity index (χ0n) is 16.9. The number of hydrazone groups is 1. The lowest BCUT2D eigenvalue weighted by Gasteiger charge is -2.07. The average molecular weight is 444 g/mol. The second-order valence-corrected chi connectivity index (χ2v) is 7.69. The number of nitrogens with one attached hydrogen (secondary N) is 1. The van der Waals surface area contributed by atoms with E-state index in [1.54, 1.807) is 7.11 Å². The first-order valence-electron chi connectivity index (χ1n) is 9.31. The summed E-state index contributed by atoms with van der Waals surface area (Å²) in [7, 11) is 1.62. The van der Waals surface area contributed by atoms with E-state index in [9.17, 15) is 4.79 Å². The summed E-state index contributed by atoms with van der Waals surface area (Å²) in [6, 6.07) is 14.9. The first-order chi connectivity index (χ1) is 14.5. The molecule has 9 heteroatoms. The molecule has 0 atom stereocenters. The maximum Gasteiger partial charge on any atom is 0.250 e. The second-order valence-electron chi connectivity index (χ2n) is 6.31. The lowest BCUT2D eigenvalue weighted by atomic mass is 10.1. The standard InChI is InChI=1S/C21H22ClN5O2S/c1-4-27-20(16-5-9-17(22)10-6-16)25-26-21(27)30-13-19(28)24-23-14(2)15-7-11-18(29-3)12-8-15/h5-12H,4,13H2,1-3H3,(H,24,28)/b23-14-. The molecule has 0 aliphatic carbocycles. The molecule has 0 spiro atoms. The van der Waals surface area contributed by atoms with Crippen LogP contribution in [0.2, 0.25) is 5.02 Å². The quantitative estimate of drug-likeness (QED) is 0.319. The van der Waals surface area contributed by atoms with Gasteiger partial charge in [0.1, 0.15) is 5.75 Å². The summed E-state index contributed by atoms with van der Waals surface area (Å²) in [6.07, 6.45) is 0. The van der Waals surface area contributed by atoms with Crippen LogP contribution in [0.15, 0.2) is 58.8 Å². The number of hydrogen-bond donors (Lipinski definition) is 1. The van der Waals surface area contributed by atoms with Gasteiger partial charge in [0, 0.05) is 17.1 Å². The van der Waals surface area contributed by atoms with Crippen molar-refractivity contribution in [2.75, 3.05) is 12.9 Å². The molecule has 1 aromatic heterocycles. The molecule has 30 heavy (non-hydrogen) atoms. The molecule has 3 aromatic rings. The third kappa shape index (κ3) is 5.40. The van der Waals surface area contributed by atoms with E-state index in [0.29, 0.717) is 22.4 Å². The molecule has 2 aromatic carbocycles. The van der Waals surface area contributed by atoms with Crippen LogP contribution in [0.25, 0.3) is 11.4 Å². The molecule has 0 saturated heterocycles. The largest absolute Gasteiger partial charge is 0.497 e. The van der Waals surface area contributed by atoms with E-state index in [1.165, 1.54) is 11.8 Å². The number of rotatable bonds is 8. The van der Waals surface area contributed by atoms with Gasteiger partial charge in [-0.3, -0.25) is 4.79 Å². The summed E-state index contributed by atoms with van der Waals surface area (Å²) in [5, 5.41) is 14.0. The summed E-state index contributed by atoms with van der Waals surface area (Å²) in [6.45, 7) is 4.53. The van der Waals surface area contributed by atoms with Gasteiger partial charge in [-0.2, -0.15) is 5.10 Å². The third-order valence-corrected chi connectivity index (χ3v) is 5.54. The van der Waals surface area contributed by atoms with Gasteiger partial charge in [-0.15, -0.1) is 10.2 Å². The molecule has 0 bridgehead atoms. The number of carbonyl (C=O) groups excluding carboxylic acids is 1. The Kier molecular flexibility index (Phi) is 7.48. The molecule has 7 nitrogen and oxygen atoms in total. The highest BCUT2D eigenvalue weighted by molar-refractivity contribution is 7.99.